The van der Waals surface area contributed by atoms with Gasteiger partial charge in [0.05, 0.1) is 18.8 Å². The van der Waals surface area contributed by atoms with Crippen LogP contribution >= 0.6 is 0 Å². The SMILES string of the molecule is CC(OCC1CCCO1)C(=O)NCC(O)c1ccc2ccccc2c1. The van der Waals surface area contributed by atoms with Crippen molar-refractivity contribution in [3.63, 3.8) is 0 Å². The van der Waals surface area contributed by atoms with Gasteiger partial charge in [0, 0.05) is 13.2 Å². The Morgan fingerprint density at radius 1 is 1.32 bits per heavy atom. The van der Waals surface area contributed by atoms with Crippen LogP contribution in [-0.2, 0) is 14.3 Å². The van der Waals surface area contributed by atoms with Crippen molar-refractivity contribution in [2.75, 3.05) is 19.8 Å². The Labute approximate surface area is 147 Å². The highest BCUT2D eigenvalue weighted by molar-refractivity contribution is 5.83. The first kappa shape index (κ1) is 17.9. The molecule has 1 aliphatic heterocycles. The van der Waals surface area contributed by atoms with Gasteiger partial charge in [-0.3, -0.25) is 4.79 Å². The normalized spacial score (nSPS) is 19.7. The zero-order valence-electron chi connectivity index (χ0n) is 14.5. The number of benzene rings is 2. The predicted octanol–water partition coefficient (Wildman–Crippen LogP) is 2.57. The van der Waals surface area contributed by atoms with Crippen LogP contribution in [0.15, 0.2) is 42.5 Å². The summed E-state index contributed by atoms with van der Waals surface area (Å²) in [5, 5.41) is 15.3. The largest absolute Gasteiger partial charge is 0.387 e. The van der Waals surface area contributed by atoms with Crippen molar-refractivity contribution >= 4 is 16.7 Å². The summed E-state index contributed by atoms with van der Waals surface area (Å²) in [6.45, 7) is 3.08. The van der Waals surface area contributed by atoms with Crippen LogP contribution < -0.4 is 5.32 Å². The molecule has 1 fully saturated rings. The van der Waals surface area contributed by atoms with Gasteiger partial charge in [-0.05, 0) is 42.2 Å². The van der Waals surface area contributed by atoms with Crippen LogP contribution in [0.4, 0.5) is 0 Å². The van der Waals surface area contributed by atoms with E-state index in [4.69, 9.17) is 9.47 Å². The first-order valence-electron chi connectivity index (χ1n) is 8.81. The minimum atomic E-state index is -0.751. The third-order valence-electron chi connectivity index (χ3n) is 4.55. The molecule has 1 saturated heterocycles. The Morgan fingerprint density at radius 2 is 2.12 bits per heavy atom. The fourth-order valence-electron chi connectivity index (χ4n) is 2.98. The van der Waals surface area contributed by atoms with Gasteiger partial charge in [-0.15, -0.1) is 0 Å². The summed E-state index contributed by atoms with van der Waals surface area (Å²) in [5.41, 5.74) is 0.784. The molecule has 0 saturated carbocycles. The third kappa shape index (κ3) is 4.78. The van der Waals surface area contributed by atoms with Crippen LogP contribution in [0.3, 0.4) is 0 Å². The van der Waals surface area contributed by atoms with E-state index in [9.17, 15) is 9.90 Å². The average Bonchev–Trinajstić information content (AvgIpc) is 3.17. The fraction of sp³-hybridized carbons (Fsp3) is 0.450. The van der Waals surface area contributed by atoms with Gasteiger partial charge in [0.25, 0.3) is 0 Å². The summed E-state index contributed by atoms with van der Waals surface area (Å²) in [7, 11) is 0. The highest BCUT2D eigenvalue weighted by atomic mass is 16.5. The number of carbonyl (C=O) groups is 1. The first-order chi connectivity index (χ1) is 12.1. The molecule has 0 bridgehead atoms. The number of amides is 1. The number of rotatable bonds is 7. The van der Waals surface area contributed by atoms with Crippen LogP contribution in [0.25, 0.3) is 10.8 Å². The molecule has 0 radical (unpaired) electrons. The molecule has 134 valence electrons. The molecule has 0 aliphatic carbocycles. The lowest BCUT2D eigenvalue weighted by Crippen LogP contribution is -2.38. The molecule has 5 nitrogen and oxygen atoms in total. The van der Waals surface area contributed by atoms with Crippen LogP contribution in [0.2, 0.25) is 0 Å². The van der Waals surface area contributed by atoms with E-state index in [0.29, 0.717) is 6.61 Å². The lowest BCUT2D eigenvalue weighted by molar-refractivity contribution is -0.134. The molecule has 2 aromatic rings. The van der Waals surface area contributed by atoms with E-state index in [0.717, 1.165) is 35.8 Å². The molecular formula is C20H25NO4. The average molecular weight is 343 g/mol. The fourth-order valence-corrected chi connectivity index (χ4v) is 2.98. The lowest BCUT2D eigenvalue weighted by atomic mass is 10.0. The number of hydrogen-bond acceptors (Lipinski definition) is 4. The molecule has 0 spiro atoms. The van der Waals surface area contributed by atoms with Crippen LogP contribution in [0.1, 0.15) is 31.4 Å². The standard InChI is InChI=1S/C20H25NO4/c1-14(25-13-18-7-4-10-24-18)20(23)21-12-19(22)17-9-8-15-5-2-3-6-16(15)11-17/h2-3,5-6,8-9,11,14,18-19,22H,4,7,10,12-13H2,1H3,(H,21,23). The van der Waals surface area contributed by atoms with Gasteiger partial charge < -0.3 is 19.9 Å². The van der Waals surface area contributed by atoms with E-state index in [1.165, 1.54) is 0 Å². The number of fused-ring (bicyclic) bond motifs is 1. The molecular weight excluding hydrogens is 318 g/mol. The van der Waals surface area contributed by atoms with Crippen LogP contribution in [0.5, 0.6) is 0 Å². The van der Waals surface area contributed by atoms with E-state index in [1.807, 2.05) is 42.5 Å². The van der Waals surface area contributed by atoms with Gasteiger partial charge in [0.15, 0.2) is 0 Å². The maximum atomic E-state index is 12.1. The monoisotopic (exact) mass is 343 g/mol. The lowest BCUT2D eigenvalue weighted by Gasteiger charge is -2.18. The minimum absolute atomic E-state index is 0.0958. The predicted molar refractivity (Wildman–Crippen MR) is 96.3 cm³/mol. The number of carbonyl (C=O) groups excluding carboxylic acids is 1. The second kappa shape index (κ2) is 8.43. The van der Waals surface area contributed by atoms with Crippen molar-refractivity contribution in [2.45, 2.75) is 38.1 Å². The Bertz CT molecular complexity index is 712. The maximum Gasteiger partial charge on any atom is 0.248 e. The van der Waals surface area contributed by atoms with Crippen molar-refractivity contribution in [2.24, 2.45) is 0 Å². The van der Waals surface area contributed by atoms with Crippen molar-refractivity contribution < 1.29 is 19.4 Å². The van der Waals surface area contributed by atoms with Crippen LogP contribution in [0, 0.1) is 0 Å². The summed E-state index contributed by atoms with van der Waals surface area (Å²) < 4.78 is 11.0. The summed E-state index contributed by atoms with van der Waals surface area (Å²) in [6.07, 6.45) is 0.812. The summed E-state index contributed by atoms with van der Waals surface area (Å²) in [4.78, 5) is 12.1. The van der Waals surface area contributed by atoms with E-state index in [-0.39, 0.29) is 18.6 Å². The zero-order valence-corrected chi connectivity index (χ0v) is 14.5. The van der Waals surface area contributed by atoms with Gasteiger partial charge in [0.1, 0.15) is 6.10 Å². The molecule has 3 rings (SSSR count). The second-order valence-electron chi connectivity index (χ2n) is 6.48. The maximum absolute atomic E-state index is 12.1. The molecule has 3 atom stereocenters. The number of hydrogen-bond donors (Lipinski definition) is 2. The Balaban J connectivity index is 1.48. The minimum Gasteiger partial charge on any atom is -0.387 e. The first-order valence-corrected chi connectivity index (χ1v) is 8.81. The van der Waals surface area contributed by atoms with E-state index >= 15 is 0 Å². The van der Waals surface area contributed by atoms with Crippen molar-refractivity contribution in [1.29, 1.82) is 0 Å². The van der Waals surface area contributed by atoms with E-state index < -0.39 is 12.2 Å². The van der Waals surface area contributed by atoms with Crippen molar-refractivity contribution in [1.82, 2.24) is 5.32 Å². The number of nitrogens with one attached hydrogen (secondary N) is 1. The van der Waals surface area contributed by atoms with Gasteiger partial charge >= 0.3 is 0 Å². The van der Waals surface area contributed by atoms with Gasteiger partial charge in [-0.1, -0.05) is 36.4 Å². The highest BCUT2D eigenvalue weighted by Gasteiger charge is 2.20. The summed E-state index contributed by atoms with van der Waals surface area (Å²) in [5.74, 6) is -0.224. The Kier molecular flexibility index (Phi) is 6.02. The molecule has 1 heterocycles. The molecule has 2 aromatic carbocycles. The van der Waals surface area contributed by atoms with E-state index in [1.54, 1.807) is 6.92 Å². The molecule has 5 heteroatoms. The number of aliphatic hydroxyl groups excluding tert-OH is 1. The summed E-state index contributed by atoms with van der Waals surface area (Å²) in [6, 6.07) is 13.8. The zero-order chi connectivity index (χ0) is 17.6. The van der Waals surface area contributed by atoms with Crippen LogP contribution in [-0.4, -0.2) is 43.0 Å². The number of ether oxygens (including phenoxy) is 2. The smallest absolute Gasteiger partial charge is 0.248 e. The molecule has 3 unspecified atom stereocenters. The Morgan fingerprint density at radius 3 is 2.88 bits per heavy atom. The molecule has 1 aliphatic rings. The van der Waals surface area contributed by atoms with E-state index in [2.05, 4.69) is 5.32 Å². The van der Waals surface area contributed by atoms with Gasteiger partial charge in [-0.25, -0.2) is 0 Å². The topological polar surface area (TPSA) is 67.8 Å². The summed E-state index contributed by atoms with van der Waals surface area (Å²) >= 11 is 0. The van der Waals surface area contributed by atoms with Gasteiger partial charge in [0.2, 0.25) is 5.91 Å². The molecule has 1 amide bonds. The van der Waals surface area contributed by atoms with Crippen molar-refractivity contribution in [3.05, 3.63) is 48.0 Å². The molecule has 25 heavy (non-hydrogen) atoms. The van der Waals surface area contributed by atoms with Crippen molar-refractivity contribution in [3.8, 4) is 0 Å². The number of aliphatic hydroxyl groups is 1. The molecule has 0 aromatic heterocycles. The van der Waals surface area contributed by atoms with Gasteiger partial charge in [-0.2, -0.15) is 0 Å². The second-order valence-corrected chi connectivity index (χ2v) is 6.48. The quantitative estimate of drug-likeness (QED) is 0.811. The third-order valence-corrected chi connectivity index (χ3v) is 4.55. The Hall–Kier alpha value is -1.95. The molecule has 2 N–H and O–H groups in total. The highest BCUT2D eigenvalue weighted by Crippen LogP contribution is 2.20.